The molecule has 26 heavy (non-hydrogen) atoms. The van der Waals surface area contributed by atoms with Crippen molar-refractivity contribution < 1.29 is 9.72 Å². The molecule has 3 rings (SSSR count). The number of nitrogens with one attached hydrogen (secondary N) is 1. The van der Waals surface area contributed by atoms with Crippen molar-refractivity contribution in [3.8, 4) is 0 Å². The molecule has 9 heteroatoms. The molecule has 1 fully saturated rings. The molecule has 1 N–H and O–H groups in total. The maximum absolute atomic E-state index is 12.1. The average molecular weight is 356 g/mol. The predicted octanol–water partition coefficient (Wildman–Crippen LogP) is 1.54. The van der Waals surface area contributed by atoms with Gasteiger partial charge in [-0.2, -0.15) is 0 Å². The van der Waals surface area contributed by atoms with Gasteiger partial charge in [0, 0.05) is 57.6 Å². The second kappa shape index (κ2) is 8.34. The van der Waals surface area contributed by atoms with Gasteiger partial charge in [0.15, 0.2) is 0 Å². The van der Waals surface area contributed by atoms with Crippen LogP contribution in [0.3, 0.4) is 0 Å². The molecule has 1 amide bonds. The largest absolute Gasteiger partial charge is 0.338 e. The molecule has 2 heterocycles. The van der Waals surface area contributed by atoms with Crippen LogP contribution in [-0.4, -0.2) is 58.4 Å². The van der Waals surface area contributed by atoms with E-state index in [1.54, 1.807) is 30.6 Å². The second-order valence-corrected chi connectivity index (χ2v) is 5.95. The molecule has 0 saturated carbocycles. The molecule has 0 bridgehead atoms. The molecule has 1 aromatic heterocycles. The third-order valence-corrected chi connectivity index (χ3v) is 4.24. The first-order valence-corrected chi connectivity index (χ1v) is 8.41. The maximum Gasteiger partial charge on any atom is 0.292 e. The van der Waals surface area contributed by atoms with E-state index < -0.39 is 4.92 Å². The first-order chi connectivity index (χ1) is 12.6. The highest BCUT2D eigenvalue weighted by Gasteiger charge is 2.20. The molecule has 1 aliphatic rings. The minimum atomic E-state index is -0.500. The standard InChI is InChI=1S/C17H20N6O3/c24-16(20-14-4-1-2-5-15(14)23(25)26)6-9-21-10-12-22(13-11-21)17-18-7-3-8-19-17/h1-5,7-8H,6,9-13H2,(H,20,24). The number of aromatic nitrogens is 2. The number of amides is 1. The van der Waals surface area contributed by atoms with Gasteiger partial charge in [-0.15, -0.1) is 0 Å². The van der Waals surface area contributed by atoms with E-state index >= 15 is 0 Å². The van der Waals surface area contributed by atoms with Crippen molar-refractivity contribution in [2.75, 3.05) is 42.9 Å². The van der Waals surface area contributed by atoms with E-state index in [2.05, 4.69) is 25.1 Å². The fraction of sp³-hybridized carbons (Fsp3) is 0.353. The normalized spacial score (nSPS) is 14.8. The molecule has 2 aromatic rings. The van der Waals surface area contributed by atoms with Crippen LogP contribution >= 0.6 is 0 Å². The van der Waals surface area contributed by atoms with Crippen LogP contribution in [0.1, 0.15) is 6.42 Å². The van der Waals surface area contributed by atoms with Gasteiger partial charge in [-0.25, -0.2) is 9.97 Å². The monoisotopic (exact) mass is 356 g/mol. The van der Waals surface area contributed by atoms with E-state index in [1.165, 1.54) is 12.1 Å². The number of hydrogen-bond acceptors (Lipinski definition) is 7. The van der Waals surface area contributed by atoms with E-state index in [0.717, 1.165) is 32.1 Å². The van der Waals surface area contributed by atoms with Crippen molar-refractivity contribution in [1.82, 2.24) is 14.9 Å². The van der Waals surface area contributed by atoms with E-state index in [9.17, 15) is 14.9 Å². The Kier molecular flexibility index (Phi) is 5.69. The highest BCUT2D eigenvalue weighted by atomic mass is 16.6. The van der Waals surface area contributed by atoms with Crippen LogP contribution in [0.4, 0.5) is 17.3 Å². The molecular formula is C17H20N6O3. The molecule has 9 nitrogen and oxygen atoms in total. The lowest BCUT2D eigenvalue weighted by molar-refractivity contribution is -0.383. The molecule has 0 aliphatic carbocycles. The van der Waals surface area contributed by atoms with Crippen LogP contribution in [0.25, 0.3) is 0 Å². The molecule has 0 atom stereocenters. The molecule has 0 radical (unpaired) electrons. The van der Waals surface area contributed by atoms with Gasteiger partial charge in [0.05, 0.1) is 4.92 Å². The zero-order valence-corrected chi connectivity index (χ0v) is 14.2. The summed E-state index contributed by atoms with van der Waals surface area (Å²) in [5.74, 6) is 0.495. The van der Waals surface area contributed by atoms with Crippen LogP contribution in [0.15, 0.2) is 42.7 Å². The van der Waals surface area contributed by atoms with Gasteiger partial charge >= 0.3 is 0 Å². The van der Waals surface area contributed by atoms with Crippen LogP contribution in [0.5, 0.6) is 0 Å². The van der Waals surface area contributed by atoms with Crippen LogP contribution in [0.2, 0.25) is 0 Å². The van der Waals surface area contributed by atoms with Crippen molar-refractivity contribution >= 4 is 23.2 Å². The Morgan fingerprint density at radius 2 is 1.81 bits per heavy atom. The number of para-hydroxylation sites is 2. The SMILES string of the molecule is O=C(CCN1CCN(c2ncccn2)CC1)Nc1ccccc1[N+](=O)[O-]. The number of nitro benzene ring substituents is 1. The van der Waals surface area contributed by atoms with E-state index in [0.29, 0.717) is 6.54 Å². The van der Waals surface area contributed by atoms with E-state index in [1.807, 2.05) is 0 Å². The lowest BCUT2D eigenvalue weighted by Gasteiger charge is -2.34. The van der Waals surface area contributed by atoms with Crippen LogP contribution in [-0.2, 0) is 4.79 Å². The number of anilines is 2. The fourth-order valence-corrected chi connectivity index (χ4v) is 2.84. The summed E-state index contributed by atoms with van der Waals surface area (Å²) in [7, 11) is 0. The molecule has 1 aliphatic heterocycles. The Labute approximate surface area is 150 Å². The van der Waals surface area contributed by atoms with Crippen molar-refractivity contribution in [3.05, 3.63) is 52.8 Å². The average Bonchev–Trinajstić information content (AvgIpc) is 2.68. The summed E-state index contributed by atoms with van der Waals surface area (Å²) in [5, 5.41) is 13.6. The van der Waals surface area contributed by atoms with E-state index in [-0.39, 0.29) is 23.7 Å². The lowest BCUT2D eigenvalue weighted by atomic mass is 10.2. The molecule has 136 valence electrons. The molecule has 0 spiro atoms. The molecular weight excluding hydrogens is 336 g/mol. The molecule has 1 saturated heterocycles. The Morgan fingerprint density at radius 1 is 1.12 bits per heavy atom. The summed E-state index contributed by atoms with van der Waals surface area (Å²) in [6.45, 7) is 3.84. The summed E-state index contributed by atoms with van der Waals surface area (Å²) in [6.07, 6.45) is 3.73. The van der Waals surface area contributed by atoms with Gasteiger partial charge in [-0.05, 0) is 12.1 Å². The smallest absolute Gasteiger partial charge is 0.292 e. The van der Waals surface area contributed by atoms with Crippen molar-refractivity contribution in [2.24, 2.45) is 0 Å². The molecule has 0 unspecified atom stereocenters. The number of nitro groups is 1. The Hall–Kier alpha value is -3.07. The zero-order valence-electron chi connectivity index (χ0n) is 14.2. The minimum Gasteiger partial charge on any atom is -0.338 e. The topological polar surface area (TPSA) is 104 Å². The Balaban J connectivity index is 1.45. The van der Waals surface area contributed by atoms with Crippen LogP contribution in [0, 0.1) is 10.1 Å². The third-order valence-electron chi connectivity index (χ3n) is 4.24. The van der Waals surface area contributed by atoms with Crippen LogP contribution < -0.4 is 10.2 Å². The quantitative estimate of drug-likeness (QED) is 0.618. The van der Waals surface area contributed by atoms with Gasteiger partial charge in [0.25, 0.3) is 5.69 Å². The van der Waals surface area contributed by atoms with Crippen molar-refractivity contribution in [3.63, 3.8) is 0 Å². The predicted molar refractivity (Wildman–Crippen MR) is 97.0 cm³/mol. The Bertz CT molecular complexity index is 762. The highest BCUT2D eigenvalue weighted by Crippen LogP contribution is 2.23. The highest BCUT2D eigenvalue weighted by molar-refractivity contribution is 5.93. The number of nitrogens with zero attached hydrogens (tertiary/aromatic N) is 5. The summed E-state index contributed by atoms with van der Waals surface area (Å²) in [4.78, 5) is 35.4. The fourth-order valence-electron chi connectivity index (χ4n) is 2.84. The minimum absolute atomic E-state index is 0.0997. The lowest BCUT2D eigenvalue weighted by Crippen LogP contribution is -2.47. The van der Waals surface area contributed by atoms with Gasteiger partial charge in [-0.1, -0.05) is 12.1 Å². The summed E-state index contributed by atoms with van der Waals surface area (Å²) >= 11 is 0. The first-order valence-electron chi connectivity index (χ1n) is 8.41. The number of piperazine rings is 1. The summed E-state index contributed by atoms with van der Waals surface area (Å²) in [6, 6.07) is 7.93. The second-order valence-electron chi connectivity index (χ2n) is 5.95. The van der Waals surface area contributed by atoms with Gasteiger partial charge < -0.3 is 10.2 Å². The number of rotatable bonds is 6. The zero-order chi connectivity index (χ0) is 18.4. The summed E-state index contributed by atoms with van der Waals surface area (Å²) < 4.78 is 0. The van der Waals surface area contributed by atoms with Gasteiger partial charge in [0.2, 0.25) is 11.9 Å². The number of hydrogen-bond donors (Lipinski definition) is 1. The first kappa shape index (κ1) is 17.7. The maximum atomic E-state index is 12.1. The van der Waals surface area contributed by atoms with Crippen molar-refractivity contribution in [1.29, 1.82) is 0 Å². The summed E-state index contributed by atoms with van der Waals surface area (Å²) in [5.41, 5.74) is 0.130. The van der Waals surface area contributed by atoms with Crippen molar-refractivity contribution in [2.45, 2.75) is 6.42 Å². The van der Waals surface area contributed by atoms with Gasteiger partial charge in [-0.3, -0.25) is 19.8 Å². The van der Waals surface area contributed by atoms with Gasteiger partial charge in [0.1, 0.15) is 5.69 Å². The van der Waals surface area contributed by atoms with E-state index in [4.69, 9.17) is 0 Å². The number of benzene rings is 1. The number of carbonyl (C=O) groups excluding carboxylic acids is 1. The number of carbonyl (C=O) groups is 1. The molecule has 1 aromatic carbocycles. The Morgan fingerprint density at radius 3 is 2.50 bits per heavy atom. The third kappa shape index (κ3) is 4.51.